The SMILES string of the molecule is Cc1cc(C)n(-c2nn(-c3ccccc3)ccc2=O)n1. The van der Waals surface area contributed by atoms with E-state index in [9.17, 15) is 4.79 Å². The van der Waals surface area contributed by atoms with Crippen molar-refractivity contribution in [3.05, 3.63) is 70.3 Å². The third-order valence-electron chi connectivity index (χ3n) is 3.02. The number of hydrogen-bond donors (Lipinski definition) is 0. The Morgan fingerprint density at radius 3 is 2.40 bits per heavy atom. The van der Waals surface area contributed by atoms with Gasteiger partial charge in [-0.15, -0.1) is 5.10 Å². The number of benzene rings is 1. The molecule has 0 aliphatic rings. The fourth-order valence-corrected chi connectivity index (χ4v) is 2.11. The Hall–Kier alpha value is -2.69. The molecule has 0 unspecified atom stereocenters. The maximum absolute atomic E-state index is 12.0. The first-order chi connectivity index (χ1) is 9.65. The lowest BCUT2D eigenvalue weighted by Gasteiger charge is -2.08. The molecule has 0 bridgehead atoms. The van der Waals surface area contributed by atoms with Crippen LogP contribution in [-0.2, 0) is 0 Å². The Morgan fingerprint density at radius 2 is 1.75 bits per heavy atom. The summed E-state index contributed by atoms with van der Waals surface area (Å²) in [6, 6.07) is 13.1. The molecule has 0 amide bonds. The number of rotatable bonds is 2. The van der Waals surface area contributed by atoms with Crippen molar-refractivity contribution in [2.24, 2.45) is 0 Å². The van der Waals surface area contributed by atoms with Crippen LogP contribution in [0.25, 0.3) is 11.5 Å². The molecule has 5 nitrogen and oxygen atoms in total. The highest BCUT2D eigenvalue weighted by Crippen LogP contribution is 2.08. The van der Waals surface area contributed by atoms with Gasteiger partial charge in [-0.2, -0.15) is 5.10 Å². The highest BCUT2D eigenvalue weighted by atomic mass is 16.1. The van der Waals surface area contributed by atoms with Gasteiger partial charge in [0.15, 0.2) is 0 Å². The van der Waals surface area contributed by atoms with Gasteiger partial charge < -0.3 is 0 Å². The van der Waals surface area contributed by atoms with E-state index in [-0.39, 0.29) is 5.43 Å². The molecular formula is C15H14N4O. The molecule has 5 heteroatoms. The van der Waals surface area contributed by atoms with Crippen LogP contribution in [0.2, 0.25) is 0 Å². The summed E-state index contributed by atoms with van der Waals surface area (Å²) in [6.45, 7) is 3.79. The van der Waals surface area contributed by atoms with Gasteiger partial charge >= 0.3 is 0 Å². The largest absolute Gasteiger partial charge is 0.286 e. The van der Waals surface area contributed by atoms with Crippen molar-refractivity contribution >= 4 is 0 Å². The number of aromatic nitrogens is 4. The van der Waals surface area contributed by atoms with Crippen LogP contribution in [0.1, 0.15) is 11.4 Å². The summed E-state index contributed by atoms with van der Waals surface area (Å²) in [6.07, 6.45) is 1.66. The highest BCUT2D eigenvalue weighted by molar-refractivity contribution is 5.32. The normalized spacial score (nSPS) is 10.7. The standard InChI is InChI=1S/C15H14N4O/c1-11-10-12(2)19(16-11)15-14(20)8-9-18(17-15)13-6-4-3-5-7-13/h3-10H,1-2H3. The smallest absolute Gasteiger partial charge is 0.226 e. The van der Waals surface area contributed by atoms with Crippen molar-refractivity contribution in [3.63, 3.8) is 0 Å². The molecule has 0 spiro atoms. The van der Waals surface area contributed by atoms with E-state index in [0.29, 0.717) is 5.82 Å². The molecule has 0 radical (unpaired) electrons. The van der Waals surface area contributed by atoms with E-state index in [2.05, 4.69) is 10.2 Å². The quantitative estimate of drug-likeness (QED) is 0.713. The Bertz CT molecular complexity index is 802. The van der Waals surface area contributed by atoms with Crippen LogP contribution in [0, 0.1) is 13.8 Å². The van der Waals surface area contributed by atoms with Crippen molar-refractivity contribution in [2.45, 2.75) is 13.8 Å². The van der Waals surface area contributed by atoms with Crippen LogP contribution in [0.15, 0.2) is 53.5 Å². The Morgan fingerprint density at radius 1 is 1.00 bits per heavy atom. The molecule has 100 valence electrons. The predicted octanol–water partition coefficient (Wildman–Crippen LogP) is 2.04. The maximum Gasteiger partial charge on any atom is 0.226 e. The monoisotopic (exact) mass is 266 g/mol. The average Bonchev–Trinajstić information content (AvgIpc) is 2.79. The van der Waals surface area contributed by atoms with Gasteiger partial charge in [-0.1, -0.05) is 18.2 Å². The van der Waals surface area contributed by atoms with E-state index in [0.717, 1.165) is 17.1 Å². The molecule has 1 aromatic carbocycles. The summed E-state index contributed by atoms with van der Waals surface area (Å²) >= 11 is 0. The molecule has 3 aromatic rings. The van der Waals surface area contributed by atoms with Gasteiger partial charge in [-0.3, -0.25) is 4.79 Å². The highest BCUT2D eigenvalue weighted by Gasteiger charge is 2.10. The second kappa shape index (κ2) is 4.77. The molecule has 0 atom stereocenters. The average molecular weight is 266 g/mol. The maximum atomic E-state index is 12.0. The summed E-state index contributed by atoms with van der Waals surface area (Å²) in [7, 11) is 0. The summed E-state index contributed by atoms with van der Waals surface area (Å²) < 4.78 is 3.25. The van der Waals surface area contributed by atoms with Crippen LogP contribution in [0.5, 0.6) is 0 Å². The van der Waals surface area contributed by atoms with Gasteiger partial charge in [0.1, 0.15) is 0 Å². The Kier molecular flexibility index (Phi) is 2.95. The van der Waals surface area contributed by atoms with Crippen molar-refractivity contribution < 1.29 is 0 Å². The summed E-state index contributed by atoms with van der Waals surface area (Å²) in [5.74, 6) is 0.307. The van der Waals surface area contributed by atoms with Crippen LogP contribution in [0.3, 0.4) is 0 Å². The minimum absolute atomic E-state index is 0.150. The topological polar surface area (TPSA) is 52.7 Å². The first-order valence-corrected chi connectivity index (χ1v) is 6.34. The lowest BCUT2D eigenvalue weighted by molar-refractivity contribution is 0.731. The zero-order valence-electron chi connectivity index (χ0n) is 11.3. The van der Waals surface area contributed by atoms with Crippen molar-refractivity contribution in [1.82, 2.24) is 19.6 Å². The third-order valence-corrected chi connectivity index (χ3v) is 3.02. The fourth-order valence-electron chi connectivity index (χ4n) is 2.11. The first-order valence-electron chi connectivity index (χ1n) is 6.34. The molecule has 3 rings (SSSR count). The molecule has 20 heavy (non-hydrogen) atoms. The minimum Gasteiger partial charge on any atom is -0.286 e. The summed E-state index contributed by atoms with van der Waals surface area (Å²) in [5.41, 5.74) is 2.50. The lowest BCUT2D eigenvalue weighted by Crippen LogP contribution is -2.19. The van der Waals surface area contributed by atoms with E-state index in [4.69, 9.17) is 0 Å². The van der Waals surface area contributed by atoms with Gasteiger partial charge in [-0.05, 0) is 32.0 Å². The zero-order chi connectivity index (χ0) is 14.1. The predicted molar refractivity (Wildman–Crippen MR) is 76.4 cm³/mol. The number of nitrogens with zero attached hydrogens (tertiary/aromatic N) is 4. The minimum atomic E-state index is -0.150. The molecule has 2 heterocycles. The van der Waals surface area contributed by atoms with E-state index in [1.807, 2.05) is 50.2 Å². The van der Waals surface area contributed by atoms with Crippen LogP contribution < -0.4 is 5.43 Å². The van der Waals surface area contributed by atoms with Crippen LogP contribution in [-0.4, -0.2) is 19.6 Å². The molecule has 0 aliphatic carbocycles. The Labute approximate surface area is 116 Å². The van der Waals surface area contributed by atoms with Gasteiger partial charge in [0.2, 0.25) is 11.2 Å². The summed E-state index contributed by atoms with van der Waals surface area (Å²) in [4.78, 5) is 12.0. The van der Waals surface area contributed by atoms with Crippen LogP contribution in [0.4, 0.5) is 0 Å². The van der Waals surface area contributed by atoms with Crippen molar-refractivity contribution in [3.8, 4) is 11.5 Å². The van der Waals surface area contributed by atoms with E-state index in [1.165, 1.54) is 6.07 Å². The van der Waals surface area contributed by atoms with Gasteiger partial charge in [-0.25, -0.2) is 9.36 Å². The molecule has 0 fully saturated rings. The molecule has 2 aromatic heterocycles. The number of para-hydroxylation sites is 1. The fraction of sp³-hybridized carbons (Fsp3) is 0.133. The van der Waals surface area contributed by atoms with E-state index in [1.54, 1.807) is 15.6 Å². The molecule has 0 saturated carbocycles. The molecule has 0 aliphatic heterocycles. The Balaban J connectivity index is 2.17. The van der Waals surface area contributed by atoms with Crippen molar-refractivity contribution in [2.75, 3.05) is 0 Å². The zero-order valence-corrected chi connectivity index (χ0v) is 11.3. The van der Waals surface area contributed by atoms with E-state index < -0.39 is 0 Å². The van der Waals surface area contributed by atoms with E-state index >= 15 is 0 Å². The van der Waals surface area contributed by atoms with Crippen molar-refractivity contribution in [1.29, 1.82) is 0 Å². The number of aryl methyl sites for hydroxylation is 2. The lowest BCUT2D eigenvalue weighted by atomic mass is 10.3. The molecule has 0 saturated heterocycles. The van der Waals surface area contributed by atoms with Gasteiger partial charge in [0.25, 0.3) is 0 Å². The van der Waals surface area contributed by atoms with Crippen LogP contribution >= 0.6 is 0 Å². The second-order valence-corrected chi connectivity index (χ2v) is 4.62. The first kappa shape index (κ1) is 12.3. The summed E-state index contributed by atoms with van der Waals surface area (Å²) in [5, 5.41) is 8.71. The third kappa shape index (κ3) is 2.14. The second-order valence-electron chi connectivity index (χ2n) is 4.62. The van der Waals surface area contributed by atoms with Gasteiger partial charge in [0, 0.05) is 18.0 Å². The van der Waals surface area contributed by atoms with Gasteiger partial charge in [0.05, 0.1) is 11.4 Å². The number of hydrogen-bond acceptors (Lipinski definition) is 3. The molecule has 0 N–H and O–H groups in total. The molecular weight excluding hydrogens is 252 g/mol.